The molecule has 0 fully saturated rings. The summed E-state index contributed by atoms with van der Waals surface area (Å²) in [6.45, 7) is 1.74. The quantitative estimate of drug-likeness (QED) is 0.444. The zero-order valence-corrected chi connectivity index (χ0v) is 14.5. The Balaban J connectivity index is 1.86. The molecule has 0 aliphatic rings. The third kappa shape index (κ3) is 3.11. The highest BCUT2D eigenvalue weighted by molar-refractivity contribution is 9.10. The molecule has 0 N–H and O–H groups in total. The van der Waals surface area contributed by atoms with E-state index in [1.807, 2.05) is 17.5 Å². The Hall–Kier alpha value is -1.57. The average Bonchev–Trinajstić information content (AvgIpc) is 3.10. The Bertz CT molecular complexity index is 830. The second-order valence-electron chi connectivity index (χ2n) is 4.38. The first kappa shape index (κ1) is 15.3. The van der Waals surface area contributed by atoms with Crippen molar-refractivity contribution in [3.8, 4) is 15.6 Å². The molecular formula is C15H9BrFNO2S2. The number of rotatable bonds is 3. The van der Waals surface area contributed by atoms with E-state index in [-0.39, 0.29) is 5.75 Å². The summed E-state index contributed by atoms with van der Waals surface area (Å²) in [5.41, 5.74) is 0.580. The van der Waals surface area contributed by atoms with Gasteiger partial charge in [0.15, 0.2) is 11.6 Å². The molecule has 0 aliphatic carbocycles. The van der Waals surface area contributed by atoms with E-state index in [1.165, 1.54) is 23.5 Å². The minimum Gasteiger partial charge on any atom is -0.419 e. The maximum absolute atomic E-state index is 13.7. The molecule has 0 saturated carbocycles. The van der Waals surface area contributed by atoms with Crippen LogP contribution in [0.15, 0.2) is 40.2 Å². The summed E-state index contributed by atoms with van der Waals surface area (Å²) in [6, 6.07) is 8.13. The Morgan fingerprint density at radius 2 is 2.18 bits per heavy atom. The smallest absolute Gasteiger partial charge is 0.355 e. The highest BCUT2D eigenvalue weighted by Crippen LogP contribution is 2.32. The van der Waals surface area contributed by atoms with Crippen LogP contribution in [0.2, 0.25) is 0 Å². The fraction of sp³-hybridized carbons (Fsp3) is 0.0667. The van der Waals surface area contributed by atoms with Crippen LogP contribution < -0.4 is 4.74 Å². The molecular weight excluding hydrogens is 389 g/mol. The van der Waals surface area contributed by atoms with Gasteiger partial charge in [-0.15, -0.1) is 22.7 Å². The van der Waals surface area contributed by atoms with E-state index in [9.17, 15) is 9.18 Å². The van der Waals surface area contributed by atoms with Crippen molar-refractivity contribution >= 4 is 44.6 Å². The van der Waals surface area contributed by atoms with E-state index in [0.717, 1.165) is 9.88 Å². The lowest BCUT2D eigenvalue weighted by molar-refractivity contribution is 0.0732. The van der Waals surface area contributed by atoms with E-state index in [2.05, 4.69) is 20.9 Å². The third-order valence-corrected chi connectivity index (χ3v) is 5.48. The number of carbonyl (C=O) groups excluding carboxylic acids is 1. The monoisotopic (exact) mass is 397 g/mol. The van der Waals surface area contributed by atoms with Gasteiger partial charge >= 0.3 is 5.97 Å². The summed E-state index contributed by atoms with van der Waals surface area (Å²) >= 11 is 5.95. The van der Waals surface area contributed by atoms with Gasteiger partial charge in [0, 0.05) is 4.47 Å². The fourth-order valence-corrected chi connectivity index (χ4v) is 3.87. The molecule has 3 aromatic rings. The van der Waals surface area contributed by atoms with Crippen LogP contribution in [0.3, 0.4) is 0 Å². The number of carbonyl (C=O) groups is 1. The summed E-state index contributed by atoms with van der Waals surface area (Å²) in [5.74, 6) is -1.29. The molecule has 0 amide bonds. The summed E-state index contributed by atoms with van der Waals surface area (Å²) in [5, 5.41) is 2.71. The van der Waals surface area contributed by atoms with Crippen molar-refractivity contribution < 1.29 is 13.9 Å². The predicted octanol–water partition coefficient (Wildman–Crippen LogP) is 5.30. The molecule has 0 radical (unpaired) electrons. The van der Waals surface area contributed by atoms with Crippen molar-refractivity contribution in [3.63, 3.8) is 0 Å². The van der Waals surface area contributed by atoms with Crippen molar-refractivity contribution in [1.29, 1.82) is 0 Å². The average molecular weight is 398 g/mol. The van der Waals surface area contributed by atoms with Gasteiger partial charge in [-0.1, -0.05) is 22.0 Å². The van der Waals surface area contributed by atoms with Crippen molar-refractivity contribution in [2.45, 2.75) is 6.92 Å². The van der Waals surface area contributed by atoms with Crippen LogP contribution in [0.25, 0.3) is 9.88 Å². The summed E-state index contributed by atoms with van der Waals surface area (Å²) < 4.78 is 19.5. The highest BCUT2D eigenvalue weighted by atomic mass is 79.9. The Kier molecular flexibility index (Phi) is 4.37. The first-order valence-electron chi connectivity index (χ1n) is 6.23. The molecule has 0 atom stereocenters. The van der Waals surface area contributed by atoms with Gasteiger partial charge in [-0.25, -0.2) is 14.2 Å². The van der Waals surface area contributed by atoms with Gasteiger partial charge in [-0.05, 0) is 36.6 Å². The molecule has 2 heterocycles. The van der Waals surface area contributed by atoms with Crippen LogP contribution in [-0.2, 0) is 0 Å². The Morgan fingerprint density at radius 3 is 2.86 bits per heavy atom. The van der Waals surface area contributed by atoms with Crippen LogP contribution in [0, 0.1) is 12.7 Å². The molecule has 112 valence electrons. The van der Waals surface area contributed by atoms with Gasteiger partial charge in [-0.2, -0.15) is 0 Å². The summed E-state index contributed by atoms with van der Waals surface area (Å²) in [7, 11) is 0. The summed E-state index contributed by atoms with van der Waals surface area (Å²) in [4.78, 5) is 18.0. The van der Waals surface area contributed by atoms with Crippen molar-refractivity contribution in [1.82, 2.24) is 4.98 Å². The van der Waals surface area contributed by atoms with Crippen molar-refractivity contribution in [2.24, 2.45) is 0 Å². The van der Waals surface area contributed by atoms with Gasteiger partial charge in [-0.3, -0.25) is 0 Å². The molecule has 0 bridgehead atoms. The van der Waals surface area contributed by atoms with Crippen LogP contribution in [0.4, 0.5) is 4.39 Å². The standard InChI is InChI=1S/C15H9BrFNO2S2/c1-8-13(22-14(18-8)12-3-2-6-21-12)15(19)20-11-5-4-9(16)7-10(11)17/h2-7H,1H3. The SMILES string of the molecule is Cc1nc(-c2cccs2)sc1C(=O)Oc1ccc(Br)cc1F. The molecule has 1 aromatic carbocycles. The van der Waals surface area contributed by atoms with Crippen molar-refractivity contribution in [2.75, 3.05) is 0 Å². The molecule has 3 nitrogen and oxygen atoms in total. The molecule has 2 aromatic heterocycles. The van der Waals surface area contributed by atoms with E-state index >= 15 is 0 Å². The molecule has 0 aliphatic heterocycles. The van der Waals surface area contributed by atoms with Crippen LogP contribution in [-0.4, -0.2) is 11.0 Å². The van der Waals surface area contributed by atoms with Gasteiger partial charge in [0.05, 0.1) is 10.6 Å². The number of aromatic nitrogens is 1. The minimum atomic E-state index is -0.598. The lowest BCUT2D eigenvalue weighted by Crippen LogP contribution is -2.09. The zero-order chi connectivity index (χ0) is 15.7. The number of hydrogen-bond donors (Lipinski definition) is 0. The lowest BCUT2D eigenvalue weighted by atomic mass is 10.3. The van der Waals surface area contributed by atoms with Crippen LogP contribution >= 0.6 is 38.6 Å². The second kappa shape index (κ2) is 6.28. The predicted molar refractivity (Wildman–Crippen MR) is 89.2 cm³/mol. The number of esters is 1. The first-order chi connectivity index (χ1) is 10.5. The van der Waals surface area contributed by atoms with Crippen LogP contribution in [0.5, 0.6) is 5.75 Å². The number of hydrogen-bond acceptors (Lipinski definition) is 5. The third-order valence-electron chi connectivity index (χ3n) is 2.81. The van der Waals surface area contributed by atoms with Crippen LogP contribution in [0.1, 0.15) is 15.4 Å². The van der Waals surface area contributed by atoms with Crippen molar-refractivity contribution in [3.05, 3.63) is 56.6 Å². The number of ether oxygens (including phenoxy) is 1. The normalized spacial score (nSPS) is 10.7. The number of benzene rings is 1. The molecule has 0 saturated heterocycles. The largest absolute Gasteiger partial charge is 0.419 e. The first-order valence-corrected chi connectivity index (χ1v) is 8.72. The van der Waals surface area contributed by atoms with Gasteiger partial charge in [0.1, 0.15) is 9.88 Å². The molecule has 22 heavy (non-hydrogen) atoms. The van der Waals surface area contributed by atoms with Gasteiger partial charge in [0.2, 0.25) is 0 Å². The van der Waals surface area contributed by atoms with E-state index in [1.54, 1.807) is 24.3 Å². The molecule has 3 rings (SSSR count). The minimum absolute atomic E-state index is 0.0985. The number of aryl methyl sites for hydroxylation is 1. The fourth-order valence-electron chi connectivity index (χ4n) is 1.80. The van der Waals surface area contributed by atoms with Gasteiger partial charge < -0.3 is 4.74 Å². The molecule has 0 unspecified atom stereocenters. The van der Waals surface area contributed by atoms with E-state index in [0.29, 0.717) is 15.0 Å². The second-order valence-corrected chi connectivity index (χ2v) is 7.24. The Morgan fingerprint density at radius 1 is 1.36 bits per heavy atom. The highest BCUT2D eigenvalue weighted by Gasteiger charge is 2.20. The zero-order valence-electron chi connectivity index (χ0n) is 11.3. The number of thiophene rings is 1. The maximum Gasteiger partial charge on any atom is 0.355 e. The summed E-state index contributed by atoms with van der Waals surface area (Å²) in [6.07, 6.45) is 0. The number of thiazole rings is 1. The molecule has 0 spiro atoms. The maximum atomic E-state index is 13.7. The Labute approximate surface area is 142 Å². The molecule has 7 heteroatoms. The lowest BCUT2D eigenvalue weighted by Gasteiger charge is -2.04. The van der Waals surface area contributed by atoms with E-state index in [4.69, 9.17) is 4.74 Å². The topological polar surface area (TPSA) is 39.2 Å². The number of nitrogens with zero attached hydrogens (tertiary/aromatic N) is 1. The van der Waals surface area contributed by atoms with Gasteiger partial charge in [0.25, 0.3) is 0 Å². The number of halogens is 2. The van der Waals surface area contributed by atoms with E-state index < -0.39 is 11.8 Å².